The first-order chi connectivity index (χ1) is 16.8. The summed E-state index contributed by atoms with van der Waals surface area (Å²) in [5, 5.41) is 3.00. The number of rotatable bonds is 7. The van der Waals surface area contributed by atoms with E-state index in [0.29, 0.717) is 43.7 Å². The lowest BCUT2D eigenvalue weighted by molar-refractivity contribution is -0.138. The molecule has 1 aromatic heterocycles. The number of aromatic amines is 1. The maximum atomic E-state index is 13.3. The van der Waals surface area contributed by atoms with Gasteiger partial charge in [-0.2, -0.15) is 13.2 Å². The van der Waals surface area contributed by atoms with Crippen LogP contribution >= 0.6 is 0 Å². The summed E-state index contributed by atoms with van der Waals surface area (Å²) in [4.78, 5) is 28.9. The minimum atomic E-state index is -4.36. The van der Waals surface area contributed by atoms with Crippen molar-refractivity contribution in [2.45, 2.75) is 30.9 Å². The van der Waals surface area contributed by atoms with Crippen LogP contribution in [0.25, 0.3) is 0 Å². The molecule has 0 aliphatic carbocycles. The van der Waals surface area contributed by atoms with E-state index in [1.807, 2.05) is 18.2 Å². The molecular weight excluding hydrogens is 455 g/mol. The van der Waals surface area contributed by atoms with Gasteiger partial charge in [0.15, 0.2) is 0 Å². The molecule has 1 amide bonds. The SMILES string of the molecule is O=C(NCC1(c2ccccc2)CCN(CCc2ccccc2C(F)(F)F)CC1)c1cc[nH]c(=O)c1. The van der Waals surface area contributed by atoms with Gasteiger partial charge in [-0.15, -0.1) is 0 Å². The minimum absolute atomic E-state index is 0.293. The molecule has 2 heterocycles. The maximum absolute atomic E-state index is 13.3. The second kappa shape index (κ2) is 10.5. The molecule has 184 valence electrons. The van der Waals surface area contributed by atoms with Crippen LogP contribution in [-0.2, 0) is 18.0 Å². The van der Waals surface area contributed by atoms with Gasteiger partial charge in [0.25, 0.3) is 5.91 Å². The van der Waals surface area contributed by atoms with E-state index in [4.69, 9.17) is 0 Å². The van der Waals surface area contributed by atoms with Crippen LogP contribution in [0, 0.1) is 0 Å². The lowest BCUT2D eigenvalue weighted by Gasteiger charge is -2.42. The van der Waals surface area contributed by atoms with Gasteiger partial charge in [-0.1, -0.05) is 48.5 Å². The third kappa shape index (κ3) is 6.00. The Labute approximate surface area is 202 Å². The van der Waals surface area contributed by atoms with Crippen molar-refractivity contribution in [3.8, 4) is 0 Å². The van der Waals surface area contributed by atoms with Crippen molar-refractivity contribution < 1.29 is 18.0 Å². The molecule has 1 aliphatic heterocycles. The van der Waals surface area contributed by atoms with Crippen LogP contribution < -0.4 is 10.9 Å². The smallest absolute Gasteiger partial charge is 0.351 e. The van der Waals surface area contributed by atoms with E-state index in [9.17, 15) is 22.8 Å². The second-order valence-electron chi connectivity index (χ2n) is 9.02. The van der Waals surface area contributed by atoms with Gasteiger partial charge < -0.3 is 15.2 Å². The number of pyridine rings is 1. The zero-order chi connectivity index (χ0) is 24.9. The number of aromatic nitrogens is 1. The number of hydrogen-bond acceptors (Lipinski definition) is 3. The van der Waals surface area contributed by atoms with Crippen LogP contribution in [0.2, 0.25) is 0 Å². The van der Waals surface area contributed by atoms with E-state index in [0.717, 1.165) is 24.5 Å². The number of nitrogens with zero attached hydrogens (tertiary/aromatic N) is 1. The van der Waals surface area contributed by atoms with Crippen LogP contribution in [0.1, 0.15) is 39.9 Å². The van der Waals surface area contributed by atoms with Gasteiger partial charge in [0.05, 0.1) is 5.56 Å². The molecule has 35 heavy (non-hydrogen) atoms. The standard InChI is InChI=1S/C27H28F3N3O2/c28-27(29,30)23-9-5-4-6-20(23)11-15-33-16-12-26(13-17-33,22-7-2-1-3-8-22)19-32-25(35)21-10-14-31-24(34)18-21/h1-10,14,18H,11-13,15-17,19H2,(H,31,34)(H,32,35). The maximum Gasteiger partial charge on any atom is 0.416 e. The Hall–Kier alpha value is -3.39. The number of carbonyl (C=O) groups excluding carboxylic acids is 1. The second-order valence-corrected chi connectivity index (χ2v) is 9.02. The van der Waals surface area contributed by atoms with Gasteiger partial charge in [-0.3, -0.25) is 9.59 Å². The first kappa shape index (κ1) is 24.7. The Morgan fingerprint density at radius 2 is 1.69 bits per heavy atom. The monoisotopic (exact) mass is 483 g/mol. The molecule has 0 atom stereocenters. The Balaban J connectivity index is 1.43. The number of amides is 1. The molecule has 4 rings (SSSR count). The van der Waals surface area contributed by atoms with Crippen LogP contribution in [0.4, 0.5) is 13.2 Å². The van der Waals surface area contributed by atoms with Crippen molar-refractivity contribution in [1.82, 2.24) is 15.2 Å². The number of piperidine rings is 1. The molecule has 8 heteroatoms. The molecule has 2 aromatic carbocycles. The zero-order valence-electron chi connectivity index (χ0n) is 19.3. The van der Waals surface area contributed by atoms with Crippen LogP contribution in [-0.4, -0.2) is 42.0 Å². The summed E-state index contributed by atoms with van der Waals surface area (Å²) in [7, 11) is 0. The molecule has 0 unspecified atom stereocenters. The Morgan fingerprint density at radius 1 is 1.00 bits per heavy atom. The third-order valence-corrected chi connectivity index (χ3v) is 6.84. The van der Waals surface area contributed by atoms with E-state index in [2.05, 4.69) is 27.3 Å². The molecule has 3 aromatic rings. The highest BCUT2D eigenvalue weighted by Gasteiger charge is 2.37. The summed E-state index contributed by atoms with van der Waals surface area (Å²) < 4.78 is 40.0. The lowest BCUT2D eigenvalue weighted by atomic mass is 9.72. The fourth-order valence-electron chi connectivity index (χ4n) is 4.79. The van der Waals surface area contributed by atoms with E-state index >= 15 is 0 Å². The number of nitrogens with one attached hydrogen (secondary N) is 2. The predicted molar refractivity (Wildman–Crippen MR) is 128 cm³/mol. The van der Waals surface area contributed by atoms with Crippen molar-refractivity contribution in [2.75, 3.05) is 26.2 Å². The average molecular weight is 484 g/mol. The quantitative estimate of drug-likeness (QED) is 0.524. The molecule has 0 saturated carbocycles. The van der Waals surface area contributed by atoms with Gasteiger partial charge >= 0.3 is 6.18 Å². The van der Waals surface area contributed by atoms with E-state index in [1.165, 1.54) is 18.3 Å². The molecule has 1 aliphatic rings. The number of halogens is 3. The summed E-state index contributed by atoms with van der Waals surface area (Å²) in [6, 6.07) is 18.6. The molecule has 0 spiro atoms. The van der Waals surface area contributed by atoms with Crippen LogP contribution in [0.15, 0.2) is 77.7 Å². The van der Waals surface area contributed by atoms with Crippen molar-refractivity contribution in [3.05, 3.63) is 106 Å². The highest BCUT2D eigenvalue weighted by Crippen LogP contribution is 2.36. The lowest BCUT2D eigenvalue weighted by Crippen LogP contribution is -2.49. The predicted octanol–water partition coefficient (Wildman–Crippen LogP) is 4.40. The summed E-state index contributed by atoms with van der Waals surface area (Å²) in [6.45, 7) is 2.37. The fraction of sp³-hybridized carbons (Fsp3) is 0.333. The van der Waals surface area contributed by atoms with E-state index in [-0.39, 0.29) is 16.9 Å². The highest BCUT2D eigenvalue weighted by atomic mass is 19.4. The van der Waals surface area contributed by atoms with Gasteiger partial charge in [0.1, 0.15) is 0 Å². The molecule has 0 bridgehead atoms. The number of alkyl halides is 3. The normalized spacial score (nSPS) is 16.1. The first-order valence-electron chi connectivity index (χ1n) is 11.7. The molecular formula is C27H28F3N3O2. The van der Waals surface area contributed by atoms with Gasteiger partial charge in [0.2, 0.25) is 5.56 Å². The Morgan fingerprint density at radius 3 is 2.37 bits per heavy atom. The number of likely N-dealkylation sites (tertiary alicyclic amines) is 1. The third-order valence-electron chi connectivity index (χ3n) is 6.84. The summed E-state index contributed by atoms with van der Waals surface area (Å²) in [5.41, 5.74) is 0.531. The summed E-state index contributed by atoms with van der Waals surface area (Å²) in [5.74, 6) is -0.308. The number of hydrogen-bond donors (Lipinski definition) is 2. The topological polar surface area (TPSA) is 65.2 Å². The van der Waals surface area contributed by atoms with Crippen LogP contribution in [0.3, 0.4) is 0 Å². The average Bonchev–Trinajstić information content (AvgIpc) is 2.87. The fourth-order valence-corrected chi connectivity index (χ4v) is 4.79. The molecule has 2 N–H and O–H groups in total. The Bertz CT molecular complexity index is 1200. The van der Waals surface area contributed by atoms with E-state index in [1.54, 1.807) is 18.2 Å². The Kier molecular flexibility index (Phi) is 7.40. The first-order valence-corrected chi connectivity index (χ1v) is 11.7. The number of carbonyl (C=O) groups is 1. The molecule has 1 fully saturated rings. The van der Waals surface area contributed by atoms with Crippen LogP contribution in [0.5, 0.6) is 0 Å². The number of H-pyrrole nitrogens is 1. The molecule has 0 radical (unpaired) electrons. The van der Waals surface area contributed by atoms with Crippen molar-refractivity contribution >= 4 is 5.91 Å². The molecule has 1 saturated heterocycles. The largest absolute Gasteiger partial charge is 0.416 e. The van der Waals surface area contributed by atoms with Crippen molar-refractivity contribution in [1.29, 1.82) is 0 Å². The zero-order valence-corrected chi connectivity index (χ0v) is 19.3. The van der Waals surface area contributed by atoms with E-state index < -0.39 is 11.7 Å². The van der Waals surface area contributed by atoms with Gasteiger partial charge in [-0.25, -0.2) is 0 Å². The minimum Gasteiger partial charge on any atom is -0.351 e. The highest BCUT2D eigenvalue weighted by molar-refractivity contribution is 5.94. The van der Waals surface area contributed by atoms with Gasteiger partial charge in [-0.05, 0) is 55.6 Å². The summed E-state index contributed by atoms with van der Waals surface area (Å²) >= 11 is 0. The number of benzene rings is 2. The van der Waals surface area contributed by atoms with Crippen molar-refractivity contribution in [3.63, 3.8) is 0 Å². The molecule has 5 nitrogen and oxygen atoms in total. The summed E-state index contributed by atoms with van der Waals surface area (Å²) in [6.07, 6.45) is -1.07. The van der Waals surface area contributed by atoms with Gasteiger partial charge in [0, 0.05) is 36.3 Å². The van der Waals surface area contributed by atoms with Crippen molar-refractivity contribution in [2.24, 2.45) is 0 Å².